The maximum absolute atomic E-state index is 13.3. The molecular formula is C21H22N4O5S. The lowest BCUT2D eigenvalue weighted by Crippen LogP contribution is -2.30. The van der Waals surface area contributed by atoms with Crippen molar-refractivity contribution in [1.29, 1.82) is 0 Å². The Labute approximate surface area is 179 Å². The number of aryl methyl sites for hydroxylation is 1. The predicted molar refractivity (Wildman–Crippen MR) is 117 cm³/mol. The number of rotatable bonds is 7. The van der Waals surface area contributed by atoms with Gasteiger partial charge in [-0.2, -0.15) is 5.10 Å². The normalized spacial score (nSPS) is 11.1. The van der Waals surface area contributed by atoms with E-state index in [1.807, 2.05) is 0 Å². The largest absolute Gasteiger partial charge is 0.495 e. The summed E-state index contributed by atoms with van der Waals surface area (Å²) in [6.07, 6.45) is 0. The Hall–Kier alpha value is -3.66. The smallest absolute Gasteiger partial charge is 0.276 e. The molecule has 3 rings (SSSR count). The Morgan fingerprint density at radius 1 is 1.13 bits per heavy atom. The molecule has 162 valence electrons. The van der Waals surface area contributed by atoms with E-state index in [0.29, 0.717) is 5.69 Å². The zero-order valence-corrected chi connectivity index (χ0v) is 18.1. The van der Waals surface area contributed by atoms with Crippen molar-refractivity contribution < 1.29 is 17.9 Å². The van der Waals surface area contributed by atoms with Crippen LogP contribution in [0.5, 0.6) is 5.75 Å². The van der Waals surface area contributed by atoms with Crippen LogP contribution in [0.2, 0.25) is 0 Å². The molecule has 0 unspecified atom stereocenters. The number of para-hydroxylation sites is 1. The highest BCUT2D eigenvalue weighted by atomic mass is 32.2. The van der Waals surface area contributed by atoms with Crippen LogP contribution in [-0.4, -0.2) is 37.8 Å². The molecule has 1 heterocycles. The number of nitrogens with one attached hydrogen (secondary N) is 1. The first-order valence-corrected chi connectivity index (χ1v) is 10.8. The minimum Gasteiger partial charge on any atom is -0.495 e. The number of carbonyl (C=O) groups is 1. The molecule has 1 aromatic heterocycles. The predicted octanol–water partition coefficient (Wildman–Crippen LogP) is 2.26. The summed E-state index contributed by atoms with van der Waals surface area (Å²) in [5.74, 6) is -0.335. The summed E-state index contributed by atoms with van der Waals surface area (Å²) in [4.78, 5) is 24.1. The molecule has 1 amide bonds. The van der Waals surface area contributed by atoms with Crippen LogP contribution in [0, 0.1) is 0 Å². The molecule has 0 aliphatic rings. The van der Waals surface area contributed by atoms with Crippen LogP contribution in [0.3, 0.4) is 0 Å². The molecule has 0 aliphatic heterocycles. The van der Waals surface area contributed by atoms with Crippen LogP contribution in [0.15, 0.2) is 70.4 Å². The van der Waals surface area contributed by atoms with Crippen LogP contribution >= 0.6 is 0 Å². The first-order chi connectivity index (χ1) is 14.8. The average molecular weight is 442 g/mol. The first-order valence-electron chi connectivity index (χ1n) is 9.39. The fraction of sp³-hybridized carbons (Fsp3) is 0.190. The Morgan fingerprint density at radius 2 is 1.84 bits per heavy atom. The van der Waals surface area contributed by atoms with E-state index in [0.717, 1.165) is 4.68 Å². The maximum atomic E-state index is 13.3. The van der Waals surface area contributed by atoms with Crippen LogP contribution in [-0.2, 0) is 17.1 Å². The van der Waals surface area contributed by atoms with Crippen molar-refractivity contribution in [3.8, 4) is 5.75 Å². The number of hydrogen-bond acceptors (Lipinski definition) is 6. The Balaban J connectivity index is 1.98. The van der Waals surface area contributed by atoms with Gasteiger partial charge in [0.05, 0.1) is 23.4 Å². The van der Waals surface area contributed by atoms with Gasteiger partial charge in [-0.3, -0.25) is 13.9 Å². The summed E-state index contributed by atoms with van der Waals surface area (Å²) < 4.78 is 34.1. The van der Waals surface area contributed by atoms with Crippen molar-refractivity contribution >= 4 is 27.3 Å². The van der Waals surface area contributed by atoms with E-state index in [1.54, 1.807) is 37.3 Å². The van der Waals surface area contributed by atoms with E-state index < -0.39 is 15.9 Å². The van der Waals surface area contributed by atoms with Crippen molar-refractivity contribution in [3.05, 3.63) is 76.7 Å². The van der Waals surface area contributed by atoms with Gasteiger partial charge >= 0.3 is 0 Å². The third-order valence-corrected chi connectivity index (χ3v) is 6.43. The lowest BCUT2D eigenvalue weighted by atomic mass is 10.2. The monoisotopic (exact) mass is 442 g/mol. The highest BCUT2D eigenvalue weighted by Crippen LogP contribution is 2.31. The molecule has 0 fully saturated rings. The molecule has 0 bridgehead atoms. The number of carbonyl (C=O) groups excluding carboxylic acids is 1. The van der Waals surface area contributed by atoms with Crippen molar-refractivity contribution in [2.75, 3.05) is 23.3 Å². The molecule has 1 N–H and O–H groups in total. The standard InChI is InChI=1S/C21H22N4O5S/c1-4-25(15-8-6-5-7-9-15)31(28,29)16-10-12-19(30-3)18(14-16)22-21(27)17-11-13-20(26)24(2)23-17/h5-14H,4H2,1-3H3,(H,22,27). The minimum atomic E-state index is -3.90. The van der Waals surface area contributed by atoms with Gasteiger partial charge in [-0.15, -0.1) is 0 Å². The lowest BCUT2D eigenvalue weighted by Gasteiger charge is -2.23. The number of ether oxygens (including phenoxy) is 1. The fourth-order valence-corrected chi connectivity index (χ4v) is 4.47. The number of hydrogen-bond donors (Lipinski definition) is 1. The molecule has 0 spiro atoms. The van der Waals surface area contributed by atoms with E-state index in [9.17, 15) is 18.0 Å². The van der Waals surface area contributed by atoms with Gasteiger partial charge in [-0.25, -0.2) is 13.1 Å². The van der Waals surface area contributed by atoms with Crippen molar-refractivity contribution in [2.24, 2.45) is 7.05 Å². The summed E-state index contributed by atoms with van der Waals surface area (Å²) >= 11 is 0. The van der Waals surface area contributed by atoms with Crippen LogP contribution in [0.1, 0.15) is 17.4 Å². The molecule has 0 radical (unpaired) electrons. The van der Waals surface area contributed by atoms with E-state index in [-0.39, 0.29) is 34.1 Å². The van der Waals surface area contributed by atoms with Crippen molar-refractivity contribution in [3.63, 3.8) is 0 Å². The van der Waals surface area contributed by atoms with Gasteiger partial charge in [0, 0.05) is 19.7 Å². The Bertz CT molecular complexity index is 1260. The molecular weight excluding hydrogens is 420 g/mol. The van der Waals surface area contributed by atoms with Gasteiger partial charge in [-0.1, -0.05) is 18.2 Å². The third-order valence-electron chi connectivity index (χ3n) is 4.53. The van der Waals surface area contributed by atoms with Crippen LogP contribution in [0.4, 0.5) is 11.4 Å². The van der Waals surface area contributed by atoms with Gasteiger partial charge in [0.25, 0.3) is 21.5 Å². The quantitative estimate of drug-likeness (QED) is 0.601. The number of sulfonamides is 1. The molecule has 31 heavy (non-hydrogen) atoms. The molecule has 0 saturated carbocycles. The minimum absolute atomic E-state index is 0.00289. The number of amides is 1. The Kier molecular flexibility index (Phi) is 6.40. The molecule has 2 aromatic carbocycles. The summed E-state index contributed by atoms with van der Waals surface area (Å²) in [5.41, 5.74) is 0.328. The van der Waals surface area contributed by atoms with Gasteiger partial charge in [0.15, 0.2) is 0 Å². The number of anilines is 2. The van der Waals surface area contributed by atoms with Gasteiger partial charge in [0.1, 0.15) is 11.4 Å². The maximum Gasteiger partial charge on any atom is 0.276 e. The summed E-state index contributed by atoms with van der Waals surface area (Å²) in [7, 11) is -1.06. The SMILES string of the molecule is CCN(c1ccccc1)S(=O)(=O)c1ccc(OC)c(NC(=O)c2ccc(=O)n(C)n2)c1. The molecule has 9 nitrogen and oxygen atoms in total. The third kappa shape index (κ3) is 4.58. The fourth-order valence-electron chi connectivity index (χ4n) is 2.97. The van der Waals surface area contributed by atoms with Gasteiger partial charge < -0.3 is 10.1 Å². The Morgan fingerprint density at radius 3 is 2.45 bits per heavy atom. The lowest BCUT2D eigenvalue weighted by molar-refractivity contribution is 0.101. The van der Waals surface area contributed by atoms with Crippen molar-refractivity contribution in [2.45, 2.75) is 11.8 Å². The summed E-state index contributed by atoms with van der Waals surface area (Å²) in [6.45, 7) is 1.96. The van der Waals surface area contributed by atoms with Crippen LogP contribution < -0.4 is 19.9 Å². The summed E-state index contributed by atoms with van der Waals surface area (Å²) in [5, 5.41) is 6.51. The topological polar surface area (TPSA) is 111 Å². The second kappa shape index (κ2) is 9.00. The molecule has 3 aromatic rings. The van der Waals surface area contributed by atoms with Crippen LogP contribution in [0.25, 0.3) is 0 Å². The van der Waals surface area contributed by atoms with Gasteiger partial charge in [-0.05, 0) is 43.3 Å². The second-order valence-corrected chi connectivity index (χ2v) is 8.36. The van der Waals surface area contributed by atoms with E-state index in [4.69, 9.17) is 4.74 Å². The highest BCUT2D eigenvalue weighted by Gasteiger charge is 2.25. The average Bonchev–Trinajstić information content (AvgIpc) is 2.76. The number of aromatic nitrogens is 2. The highest BCUT2D eigenvalue weighted by molar-refractivity contribution is 7.92. The zero-order chi connectivity index (χ0) is 22.6. The molecule has 10 heteroatoms. The zero-order valence-electron chi connectivity index (χ0n) is 17.3. The van der Waals surface area contributed by atoms with E-state index >= 15 is 0 Å². The number of benzene rings is 2. The number of methoxy groups -OCH3 is 1. The van der Waals surface area contributed by atoms with E-state index in [1.165, 1.54) is 48.8 Å². The molecule has 0 atom stereocenters. The second-order valence-electron chi connectivity index (χ2n) is 6.50. The van der Waals surface area contributed by atoms with Gasteiger partial charge in [0.2, 0.25) is 0 Å². The van der Waals surface area contributed by atoms with Crippen molar-refractivity contribution in [1.82, 2.24) is 9.78 Å². The summed E-state index contributed by atoms with van der Waals surface area (Å²) in [6, 6.07) is 15.5. The number of nitrogens with zero attached hydrogens (tertiary/aromatic N) is 3. The molecule has 0 saturated heterocycles. The molecule has 0 aliphatic carbocycles. The first kappa shape index (κ1) is 22.0. The van der Waals surface area contributed by atoms with E-state index in [2.05, 4.69) is 10.4 Å².